The van der Waals surface area contributed by atoms with E-state index in [-0.39, 0.29) is 11.4 Å². The molecule has 1 aliphatic rings. The van der Waals surface area contributed by atoms with Gasteiger partial charge < -0.3 is 19.5 Å². The summed E-state index contributed by atoms with van der Waals surface area (Å²) in [6.07, 6.45) is 1.63. The number of benzene rings is 3. The van der Waals surface area contributed by atoms with Crippen molar-refractivity contribution in [2.75, 3.05) is 25.6 Å². The SMILES string of the molecule is CCOc1cc(/C=C2/SC(=O)N(CC(=O)Nc3ccc(OC)cc3)C2=O)cc(I)c1OCc1cccc(C)c1. The molecule has 4 rings (SSSR count). The molecule has 1 heterocycles. The lowest BCUT2D eigenvalue weighted by Gasteiger charge is -2.15. The van der Waals surface area contributed by atoms with Crippen molar-refractivity contribution in [3.8, 4) is 17.2 Å². The van der Waals surface area contributed by atoms with E-state index in [0.717, 1.165) is 31.4 Å². The maximum atomic E-state index is 13.0. The quantitative estimate of drug-likeness (QED) is 0.203. The van der Waals surface area contributed by atoms with E-state index in [1.54, 1.807) is 43.5 Å². The van der Waals surface area contributed by atoms with Crippen LogP contribution in [-0.4, -0.2) is 42.2 Å². The number of imide groups is 1. The molecule has 202 valence electrons. The van der Waals surface area contributed by atoms with Gasteiger partial charge in [-0.2, -0.15) is 0 Å². The predicted molar refractivity (Wildman–Crippen MR) is 160 cm³/mol. The van der Waals surface area contributed by atoms with Crippen LogP contribution in [0.5, 0.6) is 17.2 Å². The molecule has 0 aliphatic carbocycles. The summed E-state index contributed by atoms with van der Waals surface area (Å²) in [5.74, 6) is 0.799. The number of ether oxygens (including phenoxy) is 3. The molecule has 3 aromatic rings. The Balaban J connectivity index is 1.47. The van der Waals surface area contributed by atoms with Gasteiger partial charge in [-0.25, -0.2) is 0 Å². The van der Waals surface area contributed by atoms with Crippen LogP contribution in [0, 0.1) is 10.5 Å². The van der Waals surface area contributed by atoms with Crippen LogP contribution in [0.25, 0.3) is 6.08 Å². The van der Waals surface area contributed by atoms with Crippen LogP contribution in [0.2, 0.25) is 0 Å². The van der Waals surface area contributed by atoms with Crippen LogP contribution in [0.3, 0.4) is 0 Å². The number of hydrogen-bond acceptors (Lipinski definition) is 7. The maximum absolute atomic E-state index is 13.0. The molecule has 39 heavy (non-hydrogen) atoms. The highest BCUT2D eigenvalue weighted by atomic mass is 127. The van der Waals surface area contributed by atoms with Gasteiger partial charge in [-0.3, -0.25) is 19.3 Å². The van der Waals surface area contributed by atoms with Crippen molar-refractivity contribution in [2.24, 2.45) is 0 Å². The minimum absolute atomic E-state index is 0.226. The Kier molecular flexibility index (Phi) is 9.52. The Morgan fingerprint density at radius 2 is 1.85 bits per heavy atom. The predicted octanol–water partition coefficient (Wildman–Crippen LogP) is 6.26. The van der Waals surface area contributed by atoms with Crippen molar-refractivity contribution < 1.29 is 28.6 Å². The number of thioether (sulfide) groups is 1. The molecule has 0 aromatic heterocycles. The lowest BCUT2D eigenvalue weighted by molar-refractivity contribution is -0.127. The van der Waals surface area contributed by atoms with E-state index in [1.165, 1.54) is 0 Å². The fourth-order valence-corrected chi connectivity index (χ4v) is 5.46. The van der Waals surface area contributed by atoms with Crippen molar-refractivity contribution >= 4 is 63.2 Å². The molecule has 0 spiro atoms. The van der Waals surface area contributed by atoms with Crippen molar-refractivity contribution in [3.05, 3.63) is 85.8 Å². The highest BCUT2D eigenvalue weighted by Crippen LogP contribution is 2.38. The number of halogens is 1. The van der Waals surface area contributed by atoms with Gasteiger partial charge >= 0.3 is 0 Å². The van der Waals surface area contributed by atoms with Gasteiger partial charge in [0.15, 0.2) is 11.5 Å². The van der Waals surface area contributed by atoms with Crippen molar-refractivity contribution in [3.63, 3.8) is 0 Å². The summed E-state index contributed by atoms with van der Waals surface area (Å²) in [7, 11) is 1.55. The number of methoxy groups -OCH3 is 1. The van der Waals surface area contributed by atoms with Crippen LogP contribution >= 0.6 is 34.4 Å². The van der Waals surface area contributed by atoms with Gasteiger partial charge in [-0.05, 0) is 102 Å². The maximum Gasteiger partial charge on any atom is 0.294 e. The van der Waals surface area contributed by atoms with Crippen LogP contribution in [-0.2, 0) is 16.2 Å². The number of rotatable bonds is 10. The van der Waals surface area contributed by atoms with E-state index >= 15 is 0 Å². The van der Waals surface area contributed by atoms with Gasteiger partial charge in [0.2, 0.25) is 5.91 Å². The fraction of sp³-hybridized carbons (Fsp3) is 0.207. The molecule has 1 fully saturated rings. The van der Waals surface area contributed by atoms with Crippen molar-refractivity contribution in [1.29, 1.82) is 0 Å². The zero-order chi connectivity index (χ0) is 27.9. The molecule has 0 radical (unpaired) electrons. The molecule has 0 saturated carbocycles. The number of carbonyl (C=O) groups excluding carboxylic acids is 3. The van der Waals surface area contributed by atoms with Gasteiger partial charge in [0.1, 0.15) is 18.9 Å². The number of nitrogens with zero attached hydrogens (tertiary/aromatic N) is 1. The molecule has 0 atom stereocenters. The molecule has 3 amide bonds. The molecular formula is C29H27IN2O6S. The third-order valence-electron chi connectivity index (χ3n) is 5.64. The van der Waals surface area contributed by atoms with Gasteiger partial charge in [0.05, 0.1) is 22.2 Å². The van der Waals surface area contributed by atoms with E-state index < -0.39 is 17.1 Å². The Hall–Kier alpha value is -3.51. The third kappa shape index (κ3) is 7.33. The molecular weight excluding hydrogens is 631 g/mol. The molecule has 3 aromatic carbocycles. The molecule has 8 nitrogen and oxygen atoms in total. The smallest absolute Gasteiger partial charge is 0.294 e. The Morgan fingerprint density at radius 3 is 2.54 bits per heavy atom. The van der Waals surface area contributed by atoms with E-state index in [2.05, 4.69) is 34.0 Å². The van der Waals surface area contributed by atoms with E-state index in [9.17, 15) is 14.4 Å². The van der Waals surface area contributed by atoms with Gasteiger partial charge in [0, 0.05) is 5.69 Å². The van der Waals surface area contributed by atoms with Gasteiger partial charge in [0.25, 0.3) is 11.1 Å². The highest BCUT2D eigenvalue weighted by molar-refractivity contribution is 14.1. The van der Waals surface area contributed by atoms with E-state index in [4.69, 9.17) is 14.2 Å². The monoisotopic (exact) mass is 658 g/mol. The first-order valence-corrected chi connectivity index (χ1v) is 14.0. The van der Waals surface area contributed by atoms with Crippen LogP contribution in [0.4, 0.5) is 10.5 Å². The van der Waals surface area contributed by atoms with Crippen LogP contribution < -0.4 is 19.5 Å². The van der Waals surface area contributed by atoms with Crippen LogP contribution in [0.15, 0.2) is 65.6 Å². The largest absolute Gasteiger partial charge is 0.497 e. The lowest BCUT2D eigenvalue weighted by atomic mass is 10.1. The second-order valence-corrected chi connectivity index (χ2v) is 10.7. The summed E-state index contributed by atoms with van der Waals surface area (Å²) in [5.41, 5.74) is 3.41. The van der Waals surface area contributed by atoms with Crippen LogP contribution in [0.1, 0.15) is 23.6 Å². The average Bonchev–Trinajstić information content (AvgIpc) is 3.16. The summed E-state index contributed by atoms with van der Waals surface area (Å²) in [6, 6.07) is 18.5. The molecule has 0 bridgehead atoms. The normalized spacial score (nSPS) is 14.1. The minimum Gasteiger partial charge on any atom is -0.497 e. The second kappa shape index (κ2) is 13.0. The van der Waals surface area contributed by atoms with Gasteiger partial charge in [-0.1, -0.05) is 29.8 Å². The molecule has 1 N–H and O–H groups in total. The number of aryl methyl sites for hydroxylation is 1. The number of hydrogen-bond donors (Lipinski definition) is 1. The molecule has 10 heteroatoms. The fourth-order valence-electron chi connectivity index (χ4n) is 3.84. The summed E-state index contributed by atoms with van der Waals surface area (Å²) in [6.45, 7) is 4.34. The topological polar surface area (TPSA) is 94.2 Å². The van der Waals surface area contributed by atoms with Crippen molar-refractivity contribution in [1.82, 2.24) is 4.90 Å². The molecule has 1 aliphatic heterocycles. The zero-order valence-electron chi connectivity index (χ0n) is 21.7. The summed E-state index contributed by atoms with van der Waals surface area (Å²) < 4.78 is 17.9. The third-order valence-corrected chi connectivity index (χ3v) is 7.35. The number of amides is 3. The molecule has 0 unspecified atom stereocenters. The first-order valence-electron chi connectivity index (χ1n) is 12.1. The van der Waals surface area contributed by atoms with Gasteiger partial charge in [-0.15, -0.1) is 0 Å². The zero-order valence-corrected chi connectivity index (χ0v) is 24.6. The number of anilines is 1. The Bertz CT molecular complexity index is 1420. The Labute approximate surface area is 244 Å². The second-order valence-electron chi connectivity index (χ2n) is 8.59. The Morgan fingerprint density at radius 1 is 1.08 bits per heavy atom. The highest BCUT2D eigenvalue weighted by Gasteiger charge is 2.36. The standard InChI is InChI=1S/C29H27IN2O6S/c1-4-37-24-14-20(13-23(30)27(24)38-17-19-7-5-6-18(2)12-19)15-25-28(34)32(29(35)39-25)16-26(33)31-21-8-10-22(36-3)11-9-21/h5-15H,4,16-17H2,1-3H3,(H,31,33)/b25-15+. The van der Waals surface area contributed by atoms with E-state index in [1.807, 2.05) is 38.1 Å². The minimum atomic E-state index is -0.525. The summed E-state index contributed by atoms with van der Waals surface area (Å²) >= 11 is 2.96. The number of nitrogens with one attached hydrogen (secondary N) is 1. The number of carbonyl (C=O) groups is 3. The average molecular weight is 659 g/mol. The van der Waals surface area contributed by atoms with E-state index in [0.29, 0.717) is 41.7 Å². The lowest BCUT2D eigenvalue weighted by Crippen LogP contribution is -2.36. The summed E-state index contributed by atoms with van der Waals surface area (Å²) in [5, 5.41) is 2.18. The summed E-state index contributed by atoms with van der Waals surface area (Å²) in [4.78, 5) is 39.2. The first kappa shape index (κ1) is 28.5. The van der Waals surface area contributed by atoms with Crippen molar-refractivity contribution in [2.45, 2.75) is 20.5 Å². The first-order chi connectivity index (χ1) is 18.8. The molecule has 1 saturated heterocycles.